The number of fused-ring (bicyclic) bond motifs is 1. The first kappa shape index (κ1) is 19.9. The largest absolute Gasteiger partial charge is 0.361 e. The van der Waals surface area contributed by atoms with Gasteiger partial charge in [-0.1, -0.05) is 29.4 Å². The van der Waals surface area contributed by atoms with Crippen LogP contribution in [-0.2, 0) is 11.2 Å². The zero-order chi connectivity index (χ0) is 20.8. The second kappa shape index (κ2) is 9.41. The third-order valence-corrected chi connectivity index (χ3v) is 5.63. The molecule has 7 nitrogen and oxygen atoms in total. The maximum Gasteiger partial charge on any atom is 0.273 e. The first-order valence-electron chi connectivity index (χ1n) is 9.81. The van der Waals surface area contributed by atoms with Crippen molar-refractivity contribution in [1.29, 1.82) is 0 Å². The molecule has 4 rings (SSSR count). The smallest absolute Gasteiger partial charge is 0.273 e. The summed E-state index contributed by atoms with van der Waals surface area (Å²) < 4.78 is 5.22. The maximum absolute atomic E-state index is 12.2. The molecule has 0 fully saturated rings. The van der Waals surface area contributed by atoms with E-state index in [4.69, 9.17) is 4.52 Å². The van der Waals surface area contributed by atoms with E-state index in [1.807, 2.05) is 48.0 Å². The van der Waals surface area contributed by atoms with Crippen molar-refractivity contribution in [3.8, 4) is 10.6 Å². The van der Waals surface area contributed by atoms with Gasteiger partial charge in [-0.15, -0.1) is 11.3 Å². The number of H-pyrrole nitrogens is 1. The molecule has 8 heteroatoms. The molecule has 0 bridgehead atoms. The molecule has 3 heterocycles. The molecule has 0 aliphatic heterocycles. The van der Waals surface area contributed by atoms with Crippen LogP contribution in [0.3, 0.4) is 0 Å². The van der Waals surface area contributed by atoms with Crippen LogP contribution in [0, 0.1) is 0 Å². The average molecular weight is 423 g/mol. The third kappa shape index (κ3) is 4.77. The number of thiophene rings is 1. The summed E-state index contributed by atoms with van der Waals surface area (Å²) in [6.45, 7) is 1.09. The summed E-state index contributed by atoms with van der Waals surface area (Å²) in [5.74, 6) is 0.325. The van der Waals surface area contributed by atoms with Crippen molar-refractivity contribution in [3.63, 3.8) is 0 Å². The standard InChI is InChI=1S/C22H22N4O3S/c27-21(12-15-14-25-17-7-2-1-6-16(15)17)23-9-3-4-10-24-22(28)18-13-19(29-26-18)20-8-5-11-30-20/h1-2,5-8,11,13-14,25H,3-4,9-10,12H2,(H,23,27)(H,24,28). The lowest BCUT2D eigenvalue weighted by atomic mass is 10.1. The van der Waals surface area contributed by atoms with Gasteiger partial charge in [0.15, 0.2) is 11.5 Å². The van der Waals surface area contributed by atoms with Gasteiger partial charge in [-0.05, 0) is 35.9 Å². The number of benzene rings is 1. The number of nitrogens with one attached hydrogen (secondary N) is 3. The summed E-state index contributed by atoms with van der Waals surface area (Å²) in [5.41, 5.74) is 2.29. The Balaban J connectivity index is 1.13. The number of unbranched alkanes of at least 4 members (excludes halogenated alkanes) is 1. The molecule has 3 N–H and O–H groups in total. The van der Waals surface area contributed by atoms with Crippen molar-refractivity contribution in [1.82, 2.24) is 20.8 Å². The fourth-order valence-corrected chi connectivity index (χ4v) is 3.87. The first-order valence-corrected chi connectivity index (χ1v) is 10.7. The van der Waals surface area contributed by atoms with E-state index in [1.165, 1.54) is 11.3 Å². The summed E-state index contributed by atoms with van der Waals surface area (Å²) in [6, 6.07) is 13.4. The van der Waals surface area contributed by atoms with Crippen LogP contribution in [0.2, 0.25) is 0 Å². The van der Waals surface area contributed by atoms with Crippen LogP contribution in [-0.4, -0.2) is 35.0 Å². The number of hydrogen-bond acceptors (Lipinski definition) is 5. The highest BCUT2D eigenvalue weighted by Gasteiger charge is 2.13. The Kier molecular flexibility index (Phi) is 6.24. The quantitative estimate of drug-likeness (QED) is 0.358. The second-order valence-electron chi connectivity index (χ2n) is 6.90. The minimum atomic E-state index is -0.259. The Morgan fingerprint density at radius 1 is 1.07 bits per heavy atom. The average Bonchev–Trinajstić information content (AvgIpc) is 3.51. The fraction of sp³-hybridized carbons (Fsp3) is 0.227. The van der Waals surface area contributed by atoms with Crippen LogP contribution in [0.15, 0.2) is 58.6 Å². The number of amides is 2. The molecule has 0 aliphatic rings. The maximum atomic E-state index is 12.2. The molecule has 0 saturated heterocycles. The van der Waals surface area contributed by atoms with Crippen LogP contribution >= 0.6 is 11.3 Å². The van der Waals surface area contributed by atoms with E-state index in [-0.39, 0.29) is 17.5 Å². The van der Waals surface area contributed by atoms with Crippen LogP contribution in [0.1, 0.15) is 28.9 Å². The number of rotatable bonds is 9. The van der Waals surface area contributed by atoms with E-state index in [0.29, 0.717) is 25.3 Å². The monoisotopic (exact) mass is 422 g/mol. The van der Waals surface area contributed by atoms with Crippen molar-refractivity contribution in [2.75, 3.05) is 13.1 Å². The lowest BCUT2D eigenvalue weighted by Gasteiger charge is -2.06. The number of aromatic nitrogens is 2. The zero-order valence-corrected chi connectivity index (χ0v) is 17.1. The SMILES string of the molecule is O=C(Cc1c[nH]c2ccccc12)NCCCCNC(=O)c1cc(-c2cccs2)on1. The fourth-order valence-electron chi connectivity index (χ4n) is 3.20. The van der Waals surface area contributed by atoms with E-state index < -0.39 is 0 Å². The molecule has 0 unspecified atom stereocenters. The number of hydrogen-bond donors (Lipinski definition) is 3. The van der Waals surface area contributed by atoms with Gasteiger partial charge >= 0.3 is 0 Å². The molecule has 0 saturated carbocycles. The lowest BCUT2D eigenvalue weighted by molar-refractivity contribution is -0.120. The first-order chi connectivity index (χ1) is 14.7. The molecule has 0 spiro atoms. The molecule has 3 aromatic heterocycles. The van der Waals surface area contributed by atoms with Crippen LogP contribution < -0.4 is 10.6 Å². The summed E-state index contributed by atoms with van der Waals surface area (Å²) >= 11 is 1.53. The number of carbonyl (C=O) groups excluding carboxylic acids is 2. The Hall–Kier alpha value is -3.39. The Bertz CT molecular complexity index is 1130. The van der Waals surface area contributed by atoms with Gasteiger partial charge in [-0.3, -0.25) is 9.59 Å². The van der Waals surface area contributed by atoms with Gasteiger partial charge in [-0.2, -0.15) is 0 Å². The summed E-state index contributed by atoms with van der Waals surface area (Å²) in [4.78, 5) is 28.4. The molecule has 0 atom stereocenters. The molecule has 4 aromatic rings. The van der Waals surface area contributed by atoms with Gasteiger partial charge in [0.05, 0.1) is 11.3 Å². The lowest BCUT2D eigenvalue weighted by Crippen LogP contribution is -2.28. The topological polar surface area (TPSA) is 100 Å². The molecule has 0 aliphatic carbocycles. The summed E-state index contributed by atoms with van der Waals surface area (Å²) in [6.07, 6.45) is 3.76. The number of carbonyl (C=O) groups is 2. The van der Waals surface area contributed by atoms with E-state index in [1.54, 1.807) is 6.07 Å². The number of para-hydroxylation sites is 1. The summed E-state index contributed by atoms with van der Waals surface area (Å²) in [5, 5.41) is 12.6. The van der Waals surface area contributed by atoms with Crippen molar-refractivity contribution in [3.05, 3.63) is 65.3 Å². The van der Waals surface area contributed by atoms with E-state index in [2.05, 4.69) is 20.8 Å². The normalized spacial score (nSPS) is 10.9. The molecular formula is C22H22N4O3S. The predicted octanol–water partition coefficient (Wildman–Crippen LogP) is 3.75. The molecule has 154 valence electrons. The van der Waals surface area contributed by atoms with Crippen LogP contribution in [0.4, 0.5) is 0 Å². The van der Waals surface area contributed by atoms with Crippen molar-refractivity contribution in [2.45, 2.75) is 19.3 Å². The zero-order valence-electron chi connectivity index (χ0n) is 16.3. The third-order valence-electron chi connectivity index (χ3n) is 4.74. The molecule has 1 aromatic carbocycles. The second-order valence-corrected chi connectivity index (χ2v) is 7.85. The van der Waals surface area contributed by atoms with Crippen molar-refractivity contribution < 1.29 is 14.1 Å². The van der Waals surface area contributed by atoms with Gasteiger partial charge in [-0.25, -0.2) is 0 Å². The Morgan fingerprint density at radius 2 is 1.90 bits per heavy atom. The van der Waals surface area contributed by atoms with Crippen LogP contribution in [0.5, 0.6) is 0 Å². The highest BCUT2D eigenvalue weighted by molar-refractivity contribution is 7.13. The van der Waals surface area contributed by atoms with E-state index in [9.17, 15) is 9.59 Å². The minimum absolute atomic E-state index is 0.00695. The highest BCUT2D eigenvalue weighted by Crippen LogP contribution is 2.25. The van der Waals surface area contributed by atoms with Gasteiger partial charge in [0.2, 0.25) is 5.91 Å². The van der Waals surface area contributed by atoms with Gasteiger partial charge < -0.3 is 20.1 Å². The number of aromatic amines is 1. The molecular weight excluding hydrogens is 400 g/mol. The molecule has 30 heavy (non-hydrogen) atoms. The Morgan fingerprint density at radius 3 is 2.73 bits per heavy atom. The highest BCUT2D eigenvalue weighted by atomic mass is 32.1. The molecule has 2 amide bonds. The predicted molar refractivity (Wildman–Crippen MR) is 116 cm³/mol. The van der Waals surface area contributed by atoms with Gasteiger partial charge in [0, 0.05) is 36.3 Å². The van der Waals surface area contributed by atoms with Crippen molar-refractivity contribution in [2.24, 2.45) is 0 Å². The van der Waals surface area contributed by atoms with E-state index in [0.717, 1.165) is 34.2 Å². The Labute approximate surface area is 177 Å². The molecule has 0 radical (unpaired) electrons. The van der Waals surface area contributed by atoms with Gasteiger partial charge in [0.1, 0.15) is 0 Å². The minimum Gasteiger partial charge on any atom is -0.361 e. The summed E-state index contributed by atoms with van der Waals surface area (Å²) in [7, 11) is 0. The van der Waals surface area contributed by atoms with Gasteiger partial charge in [0.25, 0.3) is 5.91 Å². The van der Waals surface area contributed by atoms with E-state index >= 15 is 0 Å². The van der Waals surface area contributed by atoms with Crippen LogP contribution in [0.25, 0.3) is 21.5 Å². The number of nitrogens with zero attached hydrogens (tertiary/aromatic N) is 1. The van der Waals surface area contributed by atoms with Crippen molar-refractivity contribution >= 4 is 34.1 Å².